The highest BCUT2D eigenvalue weighted by Gasteiger charge is 2.36. The molecular weight excluding hydrogens is 467 g/mol. The number of aromatic nitrogens is 2. The molecule has 1 aliphatic heterocycles. The van der Waals surface area contributed by atoms with Crippen LogP contribution in [0.1, 0.15) is 66.2 Å². The van der Waals surface area contributed by atoms with E-state index in [0.717, 1.165) is 0 Å². The Morgan fingerprint density at radius 3 is 2.06 bits per heavy atom. The van der Waals surface area contributed by atoms with Crippen LogP contribution in [0.5, 0.6) is 0 Å². The first-order valence-electron chi connectivity index (χ1n) is 11.1. The fraction of sp³-hybridized carbons (Fsp3) is 0.727. The summed E-state index contributed by atoms with van der Waals surface area (Å²) in [6, 6.07) is 0. The summed E-state index contributed by atoms with van der Waals surface area (Å²) in [5, 5.41) is 0. The van der Waals surface area contributed by atoms with Gasteiger partial charge in [0.2, 0.25) is 0 Å². The molecule has 192 valence electrons. The molecule has 1 aromatic heterocycles. The fourth-order valence-electron chi connectivity index (χ4n) is 2.81. The van der Waals surface area contributed by atoms with Crippen molar-refractivity contribution in [3.05, 3.63) is 32.6 Å². The van der Waals surface area contributed by atoms with Crippen LogP contribution in [0.2, 0.25) is 0 Å². The maximum atomic E-state index is 13.2. The van der Waals surface area contributed by atoms with Gasteiger partial charge in [0.15, 0.2) is 11.6 Å². The Morgan fingerprint density at radius 1 is 1.03 bits per heavy atom. The number of ketones is 2. The number of hydrogen-bond donors (Lipinski definition) is 1. The smallest absolute Gasteiger partial charge is 0.352 e. The second kappa shape index (κ2) is 10.8. The highest BCUT2D eigenvalue weighted by molar-refractivity contribution is 7.48. The van der Waals surface area contributed by atoms with Crippen molar-refractivity contribution >= 4 is 19.4 Å². The van der Waals surface area contributed by atoms with E-state index in [1.807, 2.05) is 0 Å². The summed E-state index contributed by atoms with van der Waals surface area (Å²) in [4.78, 5) is 50.4. The lowest BCUT2D eigenvalue weighted by Gasteiger charge is -2.23. The standard InChI is InChI=1S/C22H35N2O9P/c1-14-10-24(20(28)23-19(14)27)18-9-8-15(33-18)11-30-34(29,31-12-16(25)21(2,3)4)32-13-17(26)22(5,6)7/h10,15,18H,8-9,11-13H2,1-7H3,(H,23,27,28)/t15-,18+/m0/s1. The number of nitrogens with zero attached hydrogens (tertiary/aromatic N) is 1. The van der Waals surface area contributed by atoms with Gasteiger partial charge in [0, 0.05) is 22.6 Å². The number of hydrogen-bond acceptors (Lipinski definition) is 9. The molecule has 0 saturated carbocycles. The number of phosphoric ester groups is 1. The van der Waals surface area contributed by atoms with Crippen molar-refractivity contribution in [3.8, 4) is 0 Å². The van der Waals surface area contributed by atoms with Crippen molar-refractivity contribution in [2.45, 2.75) is 73.6 Å². The molecule has 1 fully saturated rings. The highest BCUT2D eigenvalue weighted by atomic mass is 31.2. The van der Waals surface area contributed by atoms with Gasteiger partial charge in [-0.25, -0.2) is 9.36 Å². The molecule has 1 aromatic rings. The minimum Gasteiger partial charge on any atom is -0.352 e. The Bertz CT molecular complexity index is 1030. The number of carbonyl (C=O) groups is 2. The zero-order valence-corrected chi connectivity index (χ0v) is 21.7. The van der Waals surface area contributed by atoms with Crippen LogP contribution >= 0.6 is 7.82 Å². The Labute approximate surface area is 198 Å². The van der Waals surface area contributed by atoms with Crippen molar-refractivity contribution in [1.82, 2.24) is 9.55 Å². The molecule has 2 rings (SSSR count). The van der Waals surface area contributed by atoms with Crippen LogP contribution in [0.3, 0.4) is 0 Å². The van der Waals surface area contributed by atoms with Gasteiger partial charge in [-0.2, -0.15) is 0 Å². The molecule has 34 heavy (non-hydrogen) atoms. The number of rotatable bonds is 10. The molecule has 1 saturated heterocycles. The molecule has 1 N–H and O–H groups in total. The summed E-state index contributed by atoms with van der Waals surface area (Å²) in [6.07, 6.45) is 1.15. The Kier molecular flexibility index (Phi) is 8.99. The predicted molar refractivity (Wildman–Crippen MR) is 124 cm³/mol. The van der Waals surface area contributed by atoms with Gasteiger partial charge >= 0.3 is 13.5 Å². The summed E-state index contributed by atoms with van der Waals surface area (Å²) in [6.45, 7) is 10.5. The third-order valence-corrected chi connectivity index (χ3v) is 6.70. The molecule has 0 amide bonds. The van der Waals surface area contributed by atoms with Gasteiger partial charge in [0.05, 0.1) is 12.7 Å². The molecule has 2 atom stereocenters. The molecule has 12 heteroatoms. The summed E-state index contributed by atoms with van der Waals surface area (Å²) >= 11 is 0. The number of carbonyl (C=O) groups excluding carboxylic acids is 2. The van der Waals surface area contributed by atoms with E-state index >= 15 is 0 Å². The van der Waals surface area contributed by atoms with E-state index in [-0.39, 0.29) is 18.2 Å². The molecular formula is C22H35N2O9P. The number of nitrogens with one attached hydrogen (secondary N) is 1. The number of ether oxygens (including phenoxy) is 1. The molecule has 0 spiro atoms. The van der Waals surface area contributed by atoms with E-state index in [1.165, 1.54) is 10.8 Å². The van der Waals surface area contributed by atoms with Gasteiger partial charge in [0.25, 0.3) is 5.56 Å². The first kappa shape index (κ1) is 28.3. The summed E-state index contributed by atoms with van der Waals surface area (Å²) in [5.74, 6) is -0.626. The van der Waals surface area contributed by atoms with Crippen LogP contribution in [0.25, 0.3) is 0 Å². The maximum Gasteiger partial charge on any atom is 0.475 e. The van der Waals surface area contributed by atoms with E-state index in [0.29, 0.717) is 18.4 Å². The predicted octanol–water partition coefficient (Wildman–Crippen LogP) is 2.91. The lowest BCUT2D eigenvalue weighted by Crippen LogP contribution is -2.33. The van der Waals surface area contributed by atoms with E-state index in [9.17, 15) is 23.7 Å². The van der Waals surface area contributed by atoms with Crippen molar-refractivity contribution in [2.24, 2.45) is 10.8 Å². The van der Waals surface area contributed by atoms with Gasteiger partial charge in [0.1, 0.15) is 19.4 Å². The minimum absolute atomic E-state index is 0.210. The zero-order valence-electron chi connectivity index (χ0n) is 20.8. The molecule has 0 aromatic carbocycles. The van der Waals surface area contributed by atoms with Gasteiger partial charge in [-0.15, -0.1) is 0 Å². The van der Waals surface area contributed by atoms with Crippen molar-refractivity contribution in [3.63, 3.8) is 0 Å². The number of phosphoric acid groups is 1. The Hall–Kier alpha value is -1.91. The summed E-state index contributed by atoms with van der Waals surface area (Å²) < 4.78 is 36.3. The lowest BCUT2D eigenvalue weighted by atomic mass is 9.91. The SMILES string of the molecule is Cc1cn([C@H]2CC[C@@H](COP(=O)(OCC(=O)C(C)(C)C)OCC(=O)C(C)(C)C)O2)c(=O)[nH]c1=O. The third kappa shape index (κ3) is 7.81. The molecule has 2 heterocycles. The minimum atomic E-state index is -4.27. The average molecular weight is 503 g/mol. The van der Waals surface area contributed by atoms with Gasteiger partial charge in [-0.3, -0.25) is 37.5 Å². The Morgan fingerprint density at radius 2 is 1.56 bits per heavy atom. The van der Waals surface area contributed by atoms with E-state index < -0.39 is 55.4 Å². The molecule has 0 radical (unpaired) electrons. The first-order valence-corrected chi connectivity index (χ1v) is 12.6. The highest BCUT2D eigenvalue weighted by Crippen LogP contribution is 2.50. The number of H-pyrrole nitrogens is 1. The quantitative estimate of drug-likeness (QED) is 0.478. The molecule has 0 unspecified atom stereocenters. The molecule has 0 aliphatic carbocycles. The average Bonchev–Trinajstić information content (AvgIpc) is 3.19. The fourth-order valence-corrected chi connectivity index (χ4v) is 3.93. The molecule has 11 nitrogen and oxygen atoms in total. The topological polar surface area (TPSA) is 143 Å². The monoisotopic (exact) mass is 502 g/mol. The summed E-state index contributed by atoms with van der Waals surface area (Å²) in [5.41, 5.74) is -2.16. The van der Waals surface area contributed by atoms with Crippen LogP contribution in [0.15, 0.2) is 15.8 Å². The van der Waals surface area contributed by atoms with Crippen LogP contribution in [-0.2, 0) is 32.5 Å². The van der Waals surface area contributed by atoms with Gasteiger partial charge in [-0.1, -0.05) is 41.5 Å². The first-order chi connectivity index (χ1) is 15.5. The van der Waals surface area contributed by atoms with Crippen LogP contribution in [0.4, 0.5) is 0 Å². The van der Waals surface area contributed by atoms with E-state index in [2.05, 4.69) is 4.98 Å². The maximum absolute atomic E-state index is 13.2. The zero-order chi connectivity index (χ0) is 25.9. The lowest BCUT2D eigenvalue weighted by molar-refractivity contribution is -0.130. The van der Waals surface area contributed by atoms with E-state index in [4.69, 9.17) is 18.3 Å². The van der Waals surface area contributed by atoms with Crippen molar-refractivity contribution in [2.75, 3.05) is 19.8 Å². The molecule has 1 aliphatic rings. The van der Waals surface area contributed by atoms with Gasteiger partial charge < -0.3 is 4.74 Å². The summed E-state index contributed by atoms with van der Waals surface area (Å²) in [7, 11) is -4.27. The van der Waals surface area contributed by atoms with Crippen LogP contribution < -0.4 is 11.2 Å². The number of Topliss-reactive ketones (excluding diaryl/α,β-unsaturated/α-hetero) is 2. The largest absolute Gasteiger partial charge is 0.475 e. The second-order valence-electron chi connectivity index (χ2n) is 10.4. The van der Waals surface area contributed by atoms with E-state index in [1.54, 1.807) is 48.5 Å². The third-order valence-electron chi connectivity index (χ3n) is 5.34. The Balaban J connectivity index is 2.06. The normalized spacial score (nSPS) is 19.4. The van der Waals surface area contributed by atoms with Crippen molar-refractivity contribution in [1.29, 1.82) is 0 Å². The van der Waals surface area contributed by atoms with Gasteiger partial charge in [-0.05, 0) is 19.8 Å². The number of aryl methyl sites for hydroxylation is 1. The molecule has 0 bridgehead atoms. The van der Waals surface area contributed by atoms with Crippen LogP contribution in [-0.4, -0.2) is 47.0 Å². The second-order valence-corrected chi connectivity index (χ2v) is 12.1. The van der Waals surface area contributed by atoms with Crippen molar-refractivity contribution < 1.29 is 32.5 Å². The van der Waals surface area contributed by atoms with Crippen LogP contribution in [0, 0.1) is 17.8 Å². The number of aromatic amines is 1.